The minimum atomic E-state index is 0.0808. The molecule has 0 amide bonds. The van der Waals surface area contributed by atoms with Crippen LogP contribution >= 0.6 is 11.6 Å². The predicted octanol–water partition coefficient (Wildman–Crippen LogP) is 4.20. The minimum absolute atomic E-state index is 0.0808. The Balaban J connectivity index is 2.91. The van der Waals surface area contributed by atoms with Crippen molar-refractivity contribution in [3.63, 3.8) is 0 Å². The van der Waals surface area contributed by atoms with Gasteiger partial charge in [0.15, 0.2) is 0 Å². The molecule has 0 aromatic heterocycles. The van der Waals surface area contributed by atoms with Gasteiger partial charge in [-0.1, -0.05) is 25.4 Å². The zero-order valence-corrected chi connectivity index (χ0v) is 10.7. The van der Waals surface area contributed by atoms with E-state index in [2.05, 4.69) is 32.2 Å². The molecule has 2 nitrogen and oxygen atoms in total. The summed E-state index contributed by atoms with van der Waals surface area (Å²) in [6.45, 7) is 6.49. The molecule has 0 saturated carbocycles. The highest BCUT2D eigenvalue weighted by Gasteiger charge is 2.18. The van der Waals surface area contributed by atoms with Crippen LogP contribution in [0.2, 0.25) is 5.02 Å². The van der Waals surface area contributed by atoms with Crippen LogP contribution in [0, 0.1) is 11.3 Å². The molecular formula is C13H17ClN2. The van der Waals surface area contributed by atoms with Gasteiger partial charge in [-0.05, 0) is 38.0 Å². The van der Waals surface area contributed by atoms with Crippen molar-refractivity contribution in [2.24, 2.45) is 0 Å². The Morgan fingerprint density at radius 1 is 1.38 bits per heavy atom. The van der Waals surface area contributed by atoms with Gasteiger partial charge in [-0.2, -0.15) is 5.26 Å². The fourth-order valence-corrected chi connectivity index (χ4v) is 1.68. The summed E-state index contributed by atoms with van der Waals surface area (Å²) >= 11 is 5.98. The zero-order chi connectivity index (χ0) is 12.2. The molecule has 0 aliphatic rings. The molecule has 0 unspecified atom stereocenters. The van der Waals surface area contributed by atoms with Crippen molar-refractivity contribution in [1.82, 2.24) is 0 Å². The summed E-state index contributed by atoms with van der Waals surface area (Å²) < 4.78 is 0. The first kappa shape index (κ1) is 12.9. The Hall–Kier alpha value is -1.20. The van der Waals surface area contributed by atoms with Gasteiger partial charge < -0.3 is 5.32 Å². The molecule has 0 aliphatic carbocycles. The average Bonchev–Trinajstić information content (AvgIpc) is 2.29. The molecule has 1 aromatic carbocycles. The number of nitrogens with zero attached hydrogens (tertiary/aromatic N) is 1. The maximum Gasteiger partial charge on any atom is 0.101 e. The lowest BCUT2D eigenvalue weighted by Gasteiger charge is -2.29. The topological polar surface area (TPSA) is 35.8 Å². The van der Waals surface area contributed by atoms with Gasteiger partial charge in [-0.25, -0.2) is 0 Å². The third-order valence-electron chi connectivity index (χ3n) is 3.10. The molecule has 16 heavy (non-hydrogen) atoms. The molecule has 1 aromatic rings. The van der Waals surface area contributed by atoms with E-state index in [1.807, 2.05) is 12.1 Å². The normalized spacial score (nSPS) is 10.9. The lowest BCUT2D eigenvalue weighted by Crippen LogP contribution is -2.32. The second-order valence-electron chi connectivity index (χ2n) is 4.20. The van der Waals surface area contributed by atoms with Crippen molar-refractivity contribution >= 4 is 17.3 Å². The molecule has 86 valence electrons. The van der Waals surface area contributed by atoms with E-state index in [4.69, 9.17) is 16.9 Å². The van der Waals surface area contributed by atoms with Crippen molar-refractivity contribution in [2.45, 2.75) is 39.2 Å². The summed E-state index contributed by atoms with van der Waals surface area (Å²) in [6, 6.07) is 7.51. The molecule has 0 fully saturated rings. The quantitative estimate of drug-likeness (QED) is 0.851. The highest BCUT2D eigenvalue weighted by Crippen LogP contribution is 2.25. The van der Waals surface area contributed by atoms with Gasteiger partial charge in [-0.3, -0.25) is 0 Å². The summed E-state index contributed by atoms with van der Waals surface area (Å²) in [4.78, 5) is 0. The van der Waals surface area contributed by atoms with Crippen LogP contribution in [0.5, 0.6) is 0 Å². The van der Waals surface area contributed by atoms with Gasteiger partial charge in [0.2, 0.25) is 0 Å². The Kier molecular flexibility index (Phi) is 4.20. The highest BCUT2D eigenvalue weighted by atomic mass is 35.5. The first-order valence-electron chi connectivity index (χ1n) is 5.52. The number of anilines is 1. The fraction of sp³-hybridized carbons (Fsp3) is 0.462. The number of nitriles is 1. The minimum Gasteiger partial charge on any atom is -0.380 e. The number of nitrogens with one attached hydrogen (secondary N) is 1. The third-order valence-corrected chi connectivity index (χ3v) is 3.41. The van der Waals surface area contributed by atoms with E-state index < -0.39 is 0 Å². The van der Waals surface area contributed by atoms with Crippen molar-refractivity contribution in [2.75, 3.05) is 5.32 Å². The second kappa shape index (κ2) is 5.23. The van der Waals surface area contributed by atoms with E-state index in [1.165, 1.54) is 0 Å². The van der Waals surface area contributed by atoms with Crippen LogP contribution in [0.3, 0.4) is 0 Å². The Morgan fingerprint density at radius 3 is 2.44 bits per heavy atom. The third kappa shape index (κ3) is 2.90. The van der Waals surface area contributed by atoms with Crippen molar-refractivity contribution in [1.29, 1.82) is 5.26 Å². The monoisotopic (exact) mass is 236 g/mol. The zero-order valence-electron chi connectivity index (χ0n) is 9.97. The van der Waals surface area contributed by atoms with Crippen LogP contribution in [0.25, 0.3) is 0 Å². The molecule has 1 N–H and O–H groups in total. The maximum atomic E-state index is 8.78. The smallest absolute Gasteiger partial charge is 0.101 e. The van der Waals surface area contributed by atoms with Gasteiger partial charge in [-0.15, -0.1) is 0 Å². The van der Waals surface area contributed by atoms with Crippen LogP contribution < -0.4 is 5.32 Å². The molecule has 3 heteroatoms. The number of rotatable bonds is 4. The fourth-order valence-electron chi connectivity index (χ4n) is 1.46. The van der Waals surface area contributed by atoms with Gasteiger partial charge in [0.05, 0.1) is 10.6 Å². The largest absolute Gasteiger partial charge is 0.380 e. The molecule has 0 heterocycles. The van der Waals surface area contributed by atoms with E-state index in [9.17, 15) is 0 Å². The Labute approximate surface area is 102 Å². The van der Waals surface area contributed by atoms with Crippen LogP contribution in [-0.2, 0) is 0 Å². The first-order chi connectivity index (χ1) is 7.54. The molecule has 0 saturated heterocycles. The summed E-state index contributed by atoms with van der Waals surface area (Å²) in [5.41, 5.74) is 1.56. The number of halogens is 1. The van der Waals surface area contributed by atoms with Crippen molar-refractivity contribution in [3.8, 4) is 6.07 Å². The lowest BCUT2D eigenvalue weighted by molar-refractivity contribution is 0.478. The molecule has 0 aliphatic heterocycles. The highest BCUT2D eigenvalue weighted by molar-refractivity contribution is 6.32. The molecule has 0 bridgehead atoms. The van der Waals surface area contributed by atoms with Crippen LogP contribution in [0.4, 0.5) is 5.69 Å². The van der Waals surface area contributed by atoms with Crippen LogP contribution in [0.15, 0.2) is 18.2 Å². The van der Waals surface area contributed by atoms with E-state index in [1.54, 1.807) is 6.07 Å². The molecule has 0 radical (unpaired) electrons. The molecule has 1 rings (SSSR count). The maximum absolute atomic E-state index is 8.78. The summed E-state index contributed by atoms with van der Waals surface area (Å²) in [5.74, 6) is 0. The summed E-state index contributed by atoms with van der Waals surface area (Å²) in [6.07, 6.45) is 2.09. The van der Waals surface area contributed by atoms with Gasteiger partial charge in [0.1, 0.15) is 6.07 Å². The predicted molar refractivity (Wildman–Crippen MR) is 68.8 cm³/mol. The number of benzene rings is 1. The Bertz CT molecular complexity index is 403. The van der Waals surface area contributed by atoms with Crippen LogP contribution in [-0.4, -0.2) is 5.54 Å². The SMILES string of the molecule is CCC(C)(CC)Nc1ccc(C#N)c(Cl)c1. The van der Waals surface area contributed by atoms with Crippen molar-refractivity contribution < 1.29 is 0 Å². The van der Waals surface area contributed by atoms with E-state index in [0.29, 0.717) is 10.6 Å². The first-order valence-corrected chi connectivity index (χ1v) is 5.90. The second-order valence-corrected chi connectivity index (χ2v) is 4.61. The summed E-state index contributed by atoms with van der Waals surface area (Å²) in [5, 5.41) is 12.7. The van der Waals surface area contributed by atoms with E-state index >= 15 is 0 Å². The van der Waals surface area contributed by atoms with E-state index in [0.717, 1.165) is 18.5 Å². The standard InChI is InChI=1S/C13H17ClN2/c1-4-13(3,5-2)16-11-7-6-10(9-15)12(14)8-11/h6-8,16H,4-5H2,1-3H3. The van der Waals surface area contributed by atoms with Gasteiger partial charge in [0, 0.05) is 11.2 Å². The summed E-state index contributed by atoms with van der Waals surface area (Å²) in [7, 11) is 0. The Morgan fingerprint density at radius 2 is 2.00 bits per heavy atom. The number of hydrogen-bond donors (Lipinski definition) is 1. The van der Waals surface area contributed by atoms with Crippen LogP contribution in [0.1, 0.15) is 39.2 Å². The van der Waals surface area contributed by atoms with Crippen molar-refractivity contribution in [3.05, 3.63) is 28.8 Å². The lowest BCUT2D eigenvalue weighted by atomic mass is 9.95. The van der Waals surface area contributed by atoms with E-state index in [-0.39, 0.29) is 5.54 Å². The van der Waals surface area contributed by atoms with Gasteiger partial charge in [0.25, 0.3) is 0 Å². The molecule has 0 atom stereocenters. The number of hydrogen-bond acceptors (Lipinski definition) is 2. The van der Waals surface area contributed by atoms with Gasteiger partial charge >= 0.3 is 0 Å². The average molecular weight is 237 g/mol. The molecular weight excluding hydrogens is 220 g/mol. The molecule has 0 spiro atoms.